The molecule has 2 bridgehead atoms. The van der Waals surface area contributed by atoms with Crippen LogP contribution in [0.5, 0.6) is 0 Å². The highest BCUT2D eigenvalue weighted by Gasteiger charge is 2.59. The van der Waals surface area contributed by atoms with Crippen molar-refractivity contribution in [3.8, 4) is 0 Å². The molecule has 0 N–H and O–H groups in total. The predicted molar refractivity (Wildman–Crippen MR) is 99.1 cm³/mol. The van der Waals surface area contributed by atoms with E-state index in [0.717, 1.165) is 6.92 Å². The Morgan fingerprint density at radius 3 is 2.45 bits per heavy atom. The van der Waals surface area contributed by atoms with Gasteiger partial charge in [0.15, 0.2) is 12.2 Å². The van der Waals surface area contributed by atoms with Crippen LogP contribution in [0.1, 0.15) is 27.7 Å². The van der Waals surface area contributed by atoms with E-state index in [-0.39, 0.29) is 16.9 Å². The number of esters is 3. The number of rotatable bonds is 3. The second-order valence-electron chi connectivity index (χ2n) is 7.53. The minimum atomic E-state index is -1.67. The van der Waals surface area contributed by atoms with Gasteiger partial charge in [0.1, 0.15) is 11.9 Å². The molecule has 29 heavy (non-hydrogen) atoms. The van der Waals surface area contributed by atoms with Crippen molar-refractivity contribution < 1.29 is 38.1 Å². The van der Waals surface area contributed by atoms with E-state index in [1.54, 1.807) is 13.0 Å². The lowest BCUT2D eigenvalue weighted by Gasteiger charge is -2.38. The zero-order chi connectivity index (χ0) is 21.7. The van der Waals surface area contributed by atoms with E-state index in [1.165, 1.54) is 19.9 Å². The molecular formula is C21H22O8. The topological polar surface area (TPSA) is 105 Å². The fraction of sp³-hybridized carbons (Fsp3) is 0.429. The van der Waals surface area contributed by atoms with Gasteiger partial charge in [-0.05, 0) is 32.4 Å². The lowest BCUT2D eigenvalue weighted by Crippen LogP contribution is -2.57. The maximum atomic E-state index is 12.8. The Hall–Kier alpha value is -3.16. The summed E-state index contributed by atoms with van der Waals surface area (Å²) in [4.78, 5) is 49.4. The number of fused-ring (bicyclic) bond motifs is 3. The van der Waals surface area contributed by atoms with Gasteiger partial charge in [-0.2, -0.15) is 0 Å². The summed E-state index contributed by atoms with van der Waals surface area (Å²) < 4.78 is 22.3. The quantitative estimate of drug-likeness (QED) is 0.399. The van der Waals surface area contributed by atoms with Crippen molar-refractivity contribution in [3.63, 3.8) is 0 Å². The normalized spacial score (nSPS) is 35.0. The molecule has 3 aliphatic rings. The van der Waals surface area contributed by atoms with Gasteiger partial charge in [-0.3, -0.25) is 9.59 Å². The van der Waals surface area contributed by atoms with Crippen molar-refractivity contribution in [1.29, 1.82) is 0 Å². The smallest absolute Gasteiger partial charge is 0.334 e. The Kier molecular flexibility index (Phi) is 4.98. The zero-order valence-corrected chi connectivity index (χ0v) is 16.6. The monoisotopic (exact) mass is 402 g/mol. The summed E-state index contributed by atoms with van der Waals surface area (Å²) in [5, 5.41) is 0. The van der Waals surface area contributed by atoms with Crippen molar-refractivity contribution in [3.05, 3.63) is 47.8 Å². The molecule has 0 aromatic carbocycles. The number of allylic oxidation sites excluding steroid dienone is 1. The van der Waals surface area contributed by atoms with Gasteiger partial charge >= 0.3 is 17.9 Å². The average Bonchev–Trinajstić information content (AvgIpc) is 3.08. The van der Waals surface area contributed by atoms with Gasteiger partial charge < -0.3 is 18.9 Å². The van der Waals surface area contributed by atoms with E-state index in [1.807, 2.05) is 0 Å². The Morgan fingerprint density at radius 1 is 1.21 bits per heavy atom. The van der Waals surface area contributed by atoms with Crippen LogP contribution < -0.4 is 0 Å². The molecule has 3 rings (SSSR count). The third-order valence-electron chi connectivity index (χ3n) is 5.22. The van der Waals surface area contributed by atoms with Crippen LogP contribution >= 0.6 is 0 Å². The van der Waals surface area contributed by atoms with Crippen molar-refractivity contribution in [2.24, 2.45) is 5.92 Å². The summed E-state index contributed by atoms with van der Waals surface area (Å²) in [5.74, 6) is -3.25. The summed E-state index contributed by atoms with van der Waals surface area (Å²) >= 11 is 0. The minimum absolute atomic E-state index is 0.0403. The molecular weight excluding hydrogens is 380 g/mol. The zero-order valence-electron chi connectivity index (χ0n) is 16.6. The van der Waals surface area contributed by atoms with E-state index < -0.39 is 53.5 Å². The van der Waals surface area contributed by atoms with Gasteiger partial charge in [-0.1, -0.05) is 13.2 Å². The lowest BCUT2D eigenvalue weighted by atomic mass is 9.80. The summed E-state index contributed by atoms with van der Waals surface area (Å²) in [6.45, 7) is 13.1. The van der Waals surface area contributed by atoms with Gasteiger partial charge in [0.05, 0.1) is 5.92 Å². The first-order valence-corrected chi connectivity index (χ1v) is 9.03. The summed E-state index contributed by atoms with van der Waals surface area (Å²) in [5.41, 5.74) is -0.989. The van der Waals surface area contributed by atoms with Crippen LogP contribution in [0.2, 0.25) is 0 Å². The molecule has 8 nitrogen and oxygen atoms in total. The first-order valence-electron chi connectivity index (χ1n) is 9.03. The minimum Gasteiger partial charge on any atom is -0.475 e. The molecule has 1 fully saturated rings. The highest BCUT2D eigenvalue weighted by molar-refractivity contribution is 6.01. The first kappa shape index (κ1) is 20.6. The molecule has 5 atom stereocenters. The van der Waals surface area contributed by atoms with Gasteiger partial charge in [-0.15, -0.1) is 0 Å². The molecule has 0 radical (unpaired) electrons. The van der Waals surface area contributed by atoms with Gasteiger partial charge in [0.2, 0.25) is 11.4 Å². The molecule has 3 aliphatic heterocycles. The Labute approximate surface area is 167 Å². The summed E-state index contributed by atoms with van der Waals surface area (Å²) in [6.07, 6.45) is -0.605. The Bertz CT molecular complexity index is 908. The number of carbonyl (C=O) groups excluding carboxylic acids is 4. The largest absolute Gasteiger partial charge is 0.475 e. The molecule has 0 unspecified atom stereocenters. The fourth-order valence-corrected chi connectivity index (χ4v) is 3.64. The summed E-state index contributed by atoms with van der Waals surface area (Å²) in [6, 6.07) is 0. The fourth-order valence-electron chi connectivity index (χ4n) is 3.64. The van der Waals surface area contributed by atoms with Crippen molar-refractivity contribution in [1.82, 2.24) is 0 Å². The molecule has 0 aromatic heterocycles. The van der Waals surface area contributed by atoms with E-state index in [4.69, 9.17) is 18.9 Å². The van der Waals surface area contributed by atoms with Crippen molar-refractivity contribution >= 4 is 23.7 Å². The van der Waals surface area contributed by atoms with Crippen molar-refractivity contribution in [2.75, 3.05) is 0 Å². The van der Waals surface area contributed by atoms with E-state index in [9.17, 15) is 19.2 Å². The third-order valence-corrected chi connectivity index (χ3v) is 5.22. The van der Waals surface area contributed by atoms with Crippen LogP contribution in [-0.4, -0.2) is 47.6 Å². The van der Waals surface area contributed by atoms with Gasteiger partial charge in [0.25, 0.3) is 0 Å². The maximum absolute atomic E-state index is 12.8. The predicted octanol–water partition coefficient (Wildman–Crippen LogP) is 1.71. The molecule has 0 aliphatic carbocycles. The number of ether oxygens (including phenoxy) is 4. The van der Waals surface area contributed by atoms with Crippen LogP contribution in [0.25, 0.3) is 0 Å². The second-order valence-corrected chi connectivity index (χ2v) is 7.53. The Balaban J connectivity index is 2.21. The van der Waals surface area contributed by atoms with Gasteiger partial charge in [0, 0.05) is 24.1 Å². The highest BCUT2D eigenvalue weighted by atomic mass is 16.6. The SMILES string of the molecule is C=C(C)C(=O)O[C@H]1[C@H]2C(=C)C(=O)O[C@@H]2/C=C(/C)C2=CC(=O)[C@](C)(O2)[C@H]1OC(C)=O. The van der Waals surface area contributed by atoms with Gasteiger partial charge in [-0.25, -0.2) is 9.59 Å². The maximum Gasteiger partial charge on any atom is 0.334 e. The molecule has 0 spiro atoms. The summed E-state index contributed by atoms with van der Waals surface area (Å²) in [7, 11) is 0. The highest BCUT2D eigenvalue weighted by Crippen LogP contribution is 2.43. The number of hydrogen-bond donors (Lipinski definition) is 0. The van der Waals surface area contributed by atoms with E-state index >= 15 is 0 Å². The van der Waals surface area contributed by atoms with Crippen molar-refractivity contribution in [2.45, 2.75) is 51.6 Å². The lowest BCUT2D eigenvalue weighted by molar-refractivity contribution is -0.192. The van der Waals surface area contributed by atoms with E-state index in [2.05, 4.69) is 13.2 Å². The van der Waals surface area contributed by atoms with Crippen LogP contribution in [0.15, 0.2) is 47.8 Å². The molecule has 0 aromatic rings. The van der Waals surface area contributed by atoms with E-state index in [0.29, 0.717) is 5.57 Å². The molecule has 154 valence electrons. The Morgan fingerprint density at radius 2 is 1.86 bits per heavy atom. The molecule has 0 amide bonds. The molecule has 3 heterocycles. The van der Waals surface area contributed by atoms with Crippen LogP contribution in [0.4, 0.5) is 0 Å². The van der Waals surface area contributed by atoms with Crippen LogP contribution in [-0.2, 0) is 38.1 Å². The number of ketones is 1. The number of carbonyl (C=O) groups is 4. The number of hydrogen-bond acceptors (Lipinski definition) is 8. The molecule has 8 heteroatoms. The van der Waals surface area contributed by atoms with Crippen LogP contribution in [0, 0.1) is 5.92 Å². The first-order chi connectivity index (χ1) is 13.5. The third kappa shape index (κ3) is 3.39. The molecule has 1 saturated heterocycles. The average molecular weight is 402 g/mol. The standard InChI is InChI=1S/C21H22O8/c1-9(2)19(24)28-17-16-11(4)20(25)27-14(16)7-10(3)13-8-15(23)21(6,29-13)18(17)26-12(5)22/h7-8,14,16-18H,1,4H2,2-3,5-6H3/b10-7-/t14-,16+,17+,18+,21+/m1/s1. The van der Waals surface area contributed by atoms with Crippen LogP contribution in [0.3, 0.4) is 0 Å². The second kappa shape index (κ2) is 7.02. The molecule has 0 saturated carbocycles.